The van der Waals surface area contributed by atoms with Crippen LogP contribution in [-0.2, 0) is 28.5 Å². The van der Waals surface area contributed by atoms with Gasteiger partial charge in [0, 0.05) is 24.0 Å². The number of aliphatic hydroxyl groups is 1. The third kappa shape index (κ3) is 2.83. The first-order valence-corrected chi connectivity index (χ1v) is 9.38. The molecular formula is C20H26O7. The average Bonchev–Trinajstić information content (AvgIpc) is 3.44. The van der Waals surface area contributed by atoms with Gasteiger partial charge in [0.25, 0.3) is 0 Å². The number of esters is 2. The van der Waals surface area contributed by atoms with Crippen molar-refractivity contribution in [2.75, 3.05) is 0 Å². The summed E-state index contributed by atoms with van der Waals surface area (Å²) < 4.78 is 23.0. The van der Waals surface area contributed by atoms with Gasteiger partial charge in [-0.3, -0.25) is 0 Å². The van der Waals surface area contributed by atoms with Crippen LogP contribution in [0.4, 0.5) is 0 Å². The zero-order valence-electron chi connectivity index (χ0n) is 16.1. The summed E-state index contributed by atoms with van der Waals surface area (Å²) in [6.45, 7) is 11.1. The summed E-state index contributed by atoms with van der Waals surface area (Å²) in [4.78, 5) is 24.7. The predicted octanol–water partition coefficient (Wildman–Crippen LogP) is 1.43. The number of carbonyl (C=O) groups is 2. The van der Waals surface area contributed by atoms with Gasteiger partial charge < -0.3 is 24.1 Å². The van der Waals surface area contributed by atoms with Crippen molar-refractivity contribution in [2.45, 2.75) is 82.3 Å². The lowest BCUT2D eigenvalue weighted by molar-refractivity contribution is -0.149. The molecule has 4 fully saturated rings. The van der Waals surface area contributed by atoms with Crippen LogP contribution in [0.3, 0.4) is 0 Å². The second-order valence-electron chi connectivity index (χ2n) is 8.43. The summed E-state index contributed by atoms with van der Waals surface area (Å²) in [5, 5.41) is 10.6. The van der Waals surface area contributed by atoms with Crippen molar-refractivity contribution >= 4 is 11.9 Å². The van der Waals surface area contributed by atoms with E-state index < -0.39 is 53.5 Å². The van der Waals surface area contributed by atoms with E-state index in [9.17, 15) is 14.7 Å². The molecule has 0 aromatic rings. The highest BCUT2D eigenvalue weighted by atomic mass is 16.7. The Labute approximate surface area is 158 Å². The Morgan fingerprint density at radius 2 is 2.07 bits per heavy atom. The second kappa shape index (κ2) is 5.90. The average molecular weight is 378 g/mol. The first kappa shape index (κ1) is 18.7. The van der Waals surface area contributed by atoms with E-state index in [0.29, 0.717) is 18.4 Å². The molecule has 27 heavy (non-hydrogen) atoms. The van der Waals surface area contributed by atoms with E-state index in [4.69, 9.17) is 18.9 Å². The molecule has 4 aliphatic rings. The van der Waals surface area contributed by atoms with Crippen LogP contribution in [0.2, 0.25) is 0 Å². The van der Waals surface area contributed by atoms with E-state index in [1.807, 2.05) is 6.92 Å². The minimum Gasteiger partial charge on any atom is -0.458 e. The Balaban J connectivity index is 1.69. The summed E-state index contributed by atoms with van der Waals surface area (Å²) in [5.74, 6) is -1.49. The van der Waals surface area contributed by atoms with Gasteiger partial charge in [0.1, 0.15) is 23.9 Å². The normalized spacial score (nSPS) is 48.7. The lowest BCUT2D eigenvalue weighted by Gasteiger charge is -2.29. The second-order valence-corrected chi connectivity index (χ2v) is 8.43. The van der Waals surface area contributed by atoms with Crippen LogP contribution in [0, 0.1) is 5.92 Å². The van der Waals surface area contributed by atoms with E-state index in [1.165, 1.54) is 0 Å². The molecule has 0 spiro atoms. The molecule has 8 atom stereocenters. The standard InChI is InChI=1S/C20H26O7/c1-6-9(2)17(22)24-11-8-19(4)13(26-19)7-12(21)20(5)16(27-20)15-14(11)10(3)18(23)25-15/h6,11-16,21H,3,7-8H2,1-2,4-5H3. The number of epoxide rings is 2. The van der Waals surface area contributed by atoms with Crippen LogP contribution in [0.5, 0.6) is 0 Å². The SMILES string of the molecule is C=C1C(=O)OC2C1C(OC(=O)C(C)=CC)CC1(C)OC1CC(O)C1(C)OC21. The van der Waals surface area contributed by atoms with Crippen LogP contribution >= 0.6 is 0 Å². The van der Waals surface area contributed by atoms with Crippen LogP contribution in [-0.4, -0.2) is 58.8 Å². The van der Waals surface area contributed by atoms with Gasteiger partial charge >= 0.3 is 11.9 Å². The maximum Gasteiger partial charge on any atom is 0.334 e. The van der Waals surface area contributed by atoms with Crippen molar-refractivity contribution < 1.29 is 33.6 Å². The molecule has 0 bridgehead atoms. The molecule has 0 amide bonds. The molecular weight excluding hydrogens is 352 g/mol. The molecule has 148 valence electrons. The quantitative estimate of drug-likeness (QED) is 0.441. The zero-order valence-corrected chi connectivity index (χ0v) is 16.1. The van der Waals surface area contributed by atoms with Gasteiger partial charge in [-0.05, 0) is 27.7 Å². The van der Waals surface area contributed by atoms with Crippen molar-refractivity contribution in [3.63, 3.8) is 0 Å². The van der Waals surface area contributed by atoms with Gasteiger partial charge in [-0.2, -0.15) is 0 Å². The van der Waals surface area contributed by atoms with E-state index >= 15 is 0 Å². The number of rotatable bonds is 2. The van der Waals surface area contributed by atoms with E-state index in [2.05, 4.69) is 6.58 Å². The van der Waals surface area contributed by atoms with Crippen LogP contribution in [0.1, 0.15) is 40.5 Å². The highest BCUT2D eigenvalue weighted by molar-refractivity contribution is 5.91. The van der Waals surface area contributed by atoms with E-state index in [1.54, 1.807) is 26.8 Å². The molecule has 3 aliphatic heterocycles. The summed E-state index contributed by atoms with van der Waals surface area (Å²) in [6, 6.07) is 0. The Kier molecular flexibility index (Phi) is 4.07. The molecule has 0 aromatic heterocycles. The largest absolute Gasteiger partial charge is 0.458 e. The number of fused-ring (bicyclic) bond motifs is 4. The van der Waals surface area contributed by atoms with Gasteiger partial charge in [-0.1, -0.05) is 12.7 Å². The van der Waals surface area contributed by atoms with Crippen molar-refractivity contribution in [3.8, 4) is 0 Å². The van der Waals surface area contributed by atoms with Crippen molar-refractivity contribution in [3.05, 3.63) is 23.8 Å². The fourth-order valence-electron chi connectivity index (χ4n) is 4.39. The molecule has 7 heteroatoms. The zero-order chi connectivity index (χ0) is 19.7. The number of ether oxygens (including phenoxy) is 4. The smallest absolute Gasteiger partial charge is 0.334 e. The Bertz CT molecular complexity index is 743. The highest BCUT2D eigenvalue weighted by Crippen LogP contribution is 2.55. The molecule has 0 radical (unpaired) electrons. The fraction of sp³-hybridized carbons (Fsp3) is 0.700. The van der Waals surface area contributed by atoms with Crippen LogP contribution in [0.15, 0.2) is 23.8 Å². The van der Waals surface area contributed by atoms with Crippen LogP contribution < -0.4 is 0 Å². The highest BCUT2D eigenvalue weighted by Gasteiger charge is 2.70. The molecule has 4 rings (SSSR count). The third-order valence-electron chi connectivity index (χ3n) is 6.60. The Hall–Kier alpha value is -1.70. The van der Waals surface area contributed by atoms with Gasteiger partial charge in [-0.25, -0.2) is 9.59 Å². The Morgan fingerprint density at radius 3 is 2.74 bits per heavy atom. The molecule has 1 aliphatic carbocycles. The molecule has 1 N–H and O–H groups in total. The fourth-order valence-corrected chi connectivity index (χ4v) is 4.39. The monoisotopic (exact) mass is 378 g/mol. The summed E-state index contributed by atoms with van der Waals surface area (Å²) in [5.41, 5.74) is -0.596. The minimum absolute atomic E-state index is 0.152. The molecule has 8 unspecified atom stereocenters. The van der Waals surface area contributed by atoms with Gasteiger partial charge in [0.15, 0.2) is 0 Å². The maximum atomic E-state index is 12.4. The number of hydrogen-bond donors (Lipinski definition) is 1. The molecule has 0 aromatic carbocycles. The number of allylic oxidation sites excluding steroid dienone is 1. The molecule has 3 heterocycles. The van der Waals surface area contributed by atoms with Gasteiger partial charge in [0.2, 0.25) is 0 Å². The van der Waals surface area contributed by atoms with Crippen molar-refractivity contribution in [2.24, 2.45) is 5.92 Å². The third-order valence-corrected chi connectivity index (χ3v) is 6.60. The summed E-state index contributed by atoms with van der Waals surface area (Å²) in [6.07, 6.45) is -0.124. The van der Waals surface area contributed by atoms with Crippen molar-refractivity contribution in [1.29, 1.82) is 0 Å². The molecule has 3 saturated heterocycles. The molecule has 7 nitrogen and oxygen atoms in total. The number of hydrogen-bond acceptors (Lipinski definition) is 7. The van der Waals surface area contributed by atoms with Crippen LogP contribution in [0.25, 0.3) is 0 Å². The minimum atomic E-state index is -0.814. The maximum absolute atomic E-state index is 12.4. The number of aliphatic hydroxyl groups excluding tert-OH is 1. The van der Waals surface area contributed by atoms with E-state index in [-0.39, 0.29) is 11.7 Å². The summed E-state index contributed by atoms with van der Waals surface area (Å²) in [7, 11) is 0. The van der Waals surface area contributed by atoms with Gasteiger partial charge in [0.05, 0.1) is 23.7 Å². The lowest BCUT2D eigenvalue weighted by atomic mass is 9.78. The van der Waals surface area contributed by atoms with E-state index in [0.717, 1.165) is 0 Å². The lowest BCUT2D eigenvalue weighted by Crippen LogP contribution is -2.44. The first-order chi connectivity index (χ1) is 12.6. The predicted molar refractivity (Wildman–Crippen MR) is 93.6 cm³/mol. The first-order valence-electron chi connectivity index (χ1n) is 9.38. The topological polar surface area (TPSA) is 97.9 Å². The Morgan fingerprint density at radius 1 is 1.37 bits per heavy atom. The number of carbonyl (C=O) groups excluding carboxylic acids is 2. The van der Waals surface area contributed by atoms with Gasteiger partial charge in [-0.15, -0.1) is 0 Å². The van der Waals surface area contributed by atoms with Crippen molar-refractivity contribution in [1.82, 2.24) is 0 Å². The summed E-state index contributed by atoms with van der Waals surface area (Å²) >= 11 is 0. The molecule has 1 saturated carbocycles.